The van der Waals surface area contributed by atoms with Crippen molar-refractivity contribution < 1.29 is 14.2 Å². The third-order valence-corrected chi connectivity index (χ3v) is 2.83. The number of ether oxygens (including phenoxy) is 1. The molecule has 0 aliphatic heterocycles. The lowest BCUT2D eigenvalue weighted by Gasteiger charge is -2.11. The van der Waals surface area contributed by atoms with E-state index in [1.54, 1.807) is 12.1 Å². The minimum atomic E-state index is -0.380. The van der Waals surface area contributed by atoms with Crippen molar-refractivity contribution in [1.29, 1.82) is 0 Å². The maximum absolute atomic E-state index is 13.4. The van der Waals surface area contributed by atoms with E-state index in [2.05, 4.69) is 6.92 Å². The van der Waals surface area contributed by atoms with Gasteiger partial charge in [-0.15, -0.1) is 0 Å². The van der Waals surface area contributed by atoms with Crippen molar-refractivity contribution >= 4 is 0 Å². The number of aliphatic hydroxyl groups excluding tert-OH is 1. The van der Waals surface area contributed by atoms with E-state index in [1.165, 1.54) is 13.2 Å². The van der Waals surface area contributed by atoms with E-state index in [1.807, 2.05) is 0 Å². The molecule has 0 bridgehead atoms. The molecule has 17 heavy (non-hydrogen) atoms. The third-order valence-electron chi connectivity index (χ3n) is 2.83. The number of methoxy groups -OCH3 is 1. The molecule has 0 amide bonds. The van der Waals surface area contributed by atoms with Crippen LogP contribution in [-0.2, 0) is 6.42 Å². The minimum absolute atomic E-state index is 0.245. The summed E-state index contributed by atoms with van der Waals surface area (Å²) in [4.78, 5) is 0. The fourth-order valence-electron chi connectivity index (χ4n) is 1.84. The first-order chi connectivity index (χ1) is 8.17. The molecule has 1 rings (SSSR count). The molecule has 0 heterocycles. The lowest BCUT2D eigenvalue weighted by atomic mass is 10.0. The normalized spacial score (nSPS) is 12.5. The van der Waals surface area contributed by atoms with Crippen LogP contribution in [0.1, 0.15) is 38.2 Å². The molecule has 0 fully saturated rings. The van der Waals surface area contributed by atoms with Crippen LogP contribution in [0, 0.1) is 5.82 Å². The summed E-state index contributed by atoms with van der Waals surface area (Å²) < 4.78 is 18.2. The molecule has 0 saturated heterocycles. The summed E-state index contributed by atoms with van der Waals surface area (Å²) in [5.74, 6) is -0.125. The van der Waals surface area contributed by atoms with Crippen molar-refractivity contribution in [3.8, 4) is 5.75 Å². The summed E-state index contributed by atoms with van der Waals surface area (Å²) >= 11 is 0. The van der Waals surface area contributed by atoms with Gasteiger partial charge in [-0.1, -0.05) is 32.3 Å². The molecule has 1 atom stereocenters. The number of unbranched alkanes of at least 4 members (excludes halogenated alkanes) is 2. The number of rotatable bonds is 7. The first kappa shape index (κ1) is 14.0. The van der Waals surface area contributed by atoms with Crippen molar-refractivity contribution in [2.75, 3.05) is 7.11 Å². The smallest absolute Gasteiger partial charge is 0.165 e. The minimum Gasteiger partial charge on any atom is -0.494 e. The van der Waals surface area contributed by atoms with Crippen LogP contribution in [0.15, 0.2) is 18.2 Å². The summed E-state index contributed by atoms with van der Waals surface area (Å²) in [6.07, 6.45) is 4.20. The monoisotopic (exact) mass is 240 g/mol. The Kier molecular flexibility index (Phi) is 5.98. The van der Waals surface area contributed by atoms with Gasteiger partial charge in [-0.2, -0.15) is 0 Å². The highest BCUT2D eigenvalue weighted by molar-refractivity contribution is 5.29. The second kappa shape index (κ2) is 7.28. The van der Waals surface area contributed by atoms with Crippen LogP contribution in [-0.4, -0.2) is 18.3 Å². The molecule has 96 valence electrons. The molecule has 3 heteroatoms. The zero-order chi connectivity index (χ0) is 12.7. The van der Waals surface area contributed by atoms with Crippen LogP contribution in [0.25, 0.3) is 0 Å². The molecule has 1 unspecified atom stereocenters. The Morgan fingerprint density at radius 1 is 1.35 bits per heavy atom. The predicted octanol–water partition coefficient (Wildman–Crippen LogP) is 3.32. The van der Waals surface area contributed by atoms with Crippen LogP contribution in [0.5, 0.6) is 5.75 Å². The first-order valence-electron chi connectivity index (χ1n) is 6.17. The SMILES string of the molecule is CCCCCC(O)Cc1ccc(OC)c(F)c1. The molecular formula is C14H21FO2. The summed E-state index contributed by atoms with van der Waals surface area (Å²) in [5.41, 5.74) is 0.812. The Morgan fingerprint density at radius 3 is 2.71 bits per heavy atom. The molecule has 2 nitrogen and oxygen atoms in total. The maximum Gasteiger partial charge on any atom is 0.165 e. The molecule has 1 N–H and O–H groups in total. The Balaban J connectivity index is 2.48. The van der Waals surface area contributed by atoms with Crippen molar-refractivity contribution in [2.45, 2.75) is 45.1 Å². The van der Waals surface area contributed by atoms with Crippen molar-refractivity contribution in [3.05, 3.63) is 29.6 Å². The molecule has 0 aliphatic rings. The quantitative estimate of drug-likeness (QED) is 0.741. The highest BCUT2D eigenvalue weighted by atomic mass is 19.1. The lowest BCUT2D eigenvalue weighted by Crippen LogP contribution is -2.10. The van der Waals surface area contributed by atoms with Gasteiger partial charge >= 0.3 is 0 Å². The molecule has 1 aromatic rings. The van der Waals surface area contributed by atoms with Crippen molar-refractivity contribution in [3.63, 3.8) is 0 Å². The zero-order valence-electron chi connectivity index (χ0n) is 10.6. The van der Waals surface area contributed by atoms with Crippen LogP contribution < -0.4 is 4.74 Å². The van der Waals surface area contributed by atoms with Gasteiger partial charge in [-0.05, 0) is 30.5 Å². The fraction of sp³-hybridized carbons (Fsp3) is 0.571. The first-order valence-corrected chi connectivity index (χ1v) is 6.17. The summed E-state index contributed by atoms with van der Waals surface area (Å²) in [7, 11) is 1.44. The average Bonchev–Trinajstić information content (AvgIpc) is 2.29. The van der Waals surface area contributed by atoms with Gasteiger partial charge < -0.3 is 9.84 Å². The average molecular weight is 240 g/mol. The topological polar surface area (TPSA) is 29.5 Å². The van der Waals surface area contributed by atoms with Gasteiger partial charge in [-0.25, -0.2) is 4.39 Å². The Bertz CT molecular complexity index is 339. The third kappa shape index (κ3) is 4.73. The van der Waals surface area contributed by atoms with Crippen LogP contribution in [0.4, 0.5) is 4.39 Å². The van der Waals surface area contributed by atoms with E-state index in [9.17, 15) is 9.50 Å². The highest BCUT2D eigenvalue weighted by Crippen LogP contribution is 2.19. The fourth-order valence-corrected chi connectivity index (χ4v) is 1.84. The Hall–Kier alpha value is -1.09. The number of hydrogen-bond acceptors (Lipinski definition) is 2. The van der Waals surface area contributed by atoms with E-state index in [-0.39, 0.29) is 17.7 Å². The molecule has 0 saturated carbocycles. The van der Waals surface area contributed by atoms with E-state index < -0.39 is 0 Å². The van der Waals surface area contributed by atoms with E-state index in [0.717, 1.165) is 31.2 Å². The largest absolute Gasteiger partial charge is 0.494 e. The predicted molar refractivity (Wildman–Crippen MR) is 66.8 cm³/mol. The Morgan fingerprint density at radius 2 is 2.12 bits per heavy atom. The number of hydrogen-bond donors (Lipinski definition) is 1. The van der Waals surface area contributed by atoms with Crippen molar-refractivity contribution in [2.24, 2.45) is 0 Å². The molecule has 0 aromatic heterocycles. The summed E-state index contributed by atoms with van der Waals surface area (Å²) in [5, 5.41) is 9.79. The number of benzene rings is 1. The van der Waals surface area contributed by atoms with Gasteiger partial charge in [0.2, 0.25) is 0 Å². The van der Waals surface area contributed by atoms with Gasteiger partial charge in [0.15, 0.2) is 11.6 Å². The lowest BCUT2D eigenvalue weighted by molar-refractivity contribution is 0.161. The molecule has 0 spiro atoms. The molecule has 0 aliphatic carbocycles. The van der Waals surface area contributed by atoms with Gasteiger partial charge in [0.05, 0.1) is 13.2 Å². The van der Waals surface area contributed by atoms with Gasteiger partial charge in [0.1, 0.15) is 0 Å². The summed E-state index contributed by atoms with van der Waals surface area (Å²) in [6, 6.07) is 4.83. The van der Waals surface area contributed by atoms with Gasteiger partial charge in [0.25, 0.3) is 0 Å². The second-order valence-corrected chi connectivity index (χ2v) is 4.32. The zero-order valence-corrected chi connectivity index (χ0v) is 10.6. The Labute approximate surface area is 102 Å². The van der Waals surface area contributed by atoms with Gasteiger partial charge in [-0.3, -0.25) is 0 Å². The van der Waals surface area contributed by atoms with Crippen LogP contribution in [0.3, 0.4) is 0 Å². The molecular weight excluding hydrogens is 219 g/mol. The van der Waals surface area contributed by atoms with Crippen LogP contribution in [0.2, 0.25) is 0 Å². The van der Waals surface area contributed by atoms with Crippen molar-refractivity contribution in [1.82, 2.24) is 0 Å². The van der Waals surface area contributed by atoms with Gasteiger partial charge in [0, 0.05) is 0 Å². The van der Waals surface area contributed by atoms with E-state index in [4.69, 9.17) is 4.74 Å². The highest BCUT2D eigenvalue weighted by Gasteiger charge is 2.08. The van der Waals surface area contributed by atoms with Crippen LogP contribution >= 0.6 is 0 Å². The van der Waals surface area contributed by atoms with E-state index in [0.29, 0.717) is 6.42 Å². The standard InChI is InChI=1S/C14H21FO2/c1-3-4-5-6-12(16)9-11-7-8-14(17-2)13(15)10-11/h7-8,10,12,16H,3-6,9H2,1-2H3. The number of aliphatic hydroxyl groups is 1. The molecule has 1 aromatic carbocycles. The molecule has 0 radical (unpaired) electrons. The summed E-state index contributed by atoms with van der Waals surface area (Å²) in [6.45, 7) is 2.13. The second-order valence-electron chi connectivity index (χ2n) is 4.32. The maximum atomic E-state index is 13.4. The number of halogens is 1. The van der Waals surface area contributed by atoms with E-state index >= 15 is 0 Å².